The second-order valence-corrected chi connectivity index (χ2v) is 8.85. The Labute approximate surface area is 198 Å². The summed E-state index contributed by atoms with van der Waals surface area (Å²) >= 11 is 6.18. The zero-order valence-corrected chi connectivity index (χ0v) is 19.0. The van der Waals surface area contributed by atoms with Crippen molar-refractivity contribution in [2.24, 2.45) is 0 Å². The fraction of sp³-hybridized carbons (Fsp3) is 0.222. The van der Waals surface area contributed by atoms with Crippen LogP contribution in [0, 0.1) is 0 Å². The first-order valence-electron chi connectivity index (χ1n) is 11.2. The molecular formula is C27H25ClN4O. The zero-order chi connectivity index (χ0) is 22.6. The number of nitrogens with zero attached hydrogens (tertiary/aromatic N) is 4. The maximum absolute atomic E-state index is 13.5. The van der Waals surface area contributed by atoms with Crippen molar-refractivity contribution in [1.29, 1.82) is 0 Å². The number of amides is 1. The standard InChI is InChI=1S/C27H25ClN4O/c28-23-10-3-8-20(17-23)25-12-4-13-26(30-25)22-9-5-15-31(18-22)27(33)24-11-2-1-7-21(24)19-32-16-6-14-29-32/h1-4,6-8,10-14,16-17,22H,5,9,15,18-19H2/t22-/m0/s1. The van der Waals surface area contributed by atoms with E-state index in [1.54, 1.807) is 6.20 Å². The molecule has 1 atom stereocenters. The molecule has 0 saturated carbocycles. The van der Waals surface area contributed by atoms with Crippen molar-refractivity contribution >= 4 is 17.5 Å². The van der Waals surface area contributed by atoms with E-state index in [1.807, 2.05) is 82.5 Å². The van der Waals surface area contributed by atoms with Gasteiger partial charge in [-0.15, -0.1) is 0 Å². The van der Waals surface area contributed by atoms with Crippen LogP contribution >= 0.6 is 11.6 Å². The minimum absolute atomic E-state index is 0.0773. The first-order chi connectivity index (χ1) is 16.2. The Kier molecular flexibility index (Phi) is 6.22. The van der Waals surface area contributed by atoms with Crippen molar-refractivity contribution in [3.05, 3.63) is 107 Å². The number of carbonyl (C=O) groups is 1. The van der Waals surface area contributed by atoms with Crippen molar-refractivity contribution in [2.75, 3.05) is 13.1 Å². The number of piperidine rings is 1. The van der Waals surface area contributed by atoms with Crippen LogP contribution in [0.3, 0.4) is 0 Å². The van der Waals surface area contributed by atoms with Crippen molar-refractivity contribution < 1.29 is 4.79 Å². The number of rotatable bonds is 5. The molecule has 5 nitrogen and oxygen atoms in total. The summed E-state index contributed by atoms with van der Waals surface area (Å²) in [6.07, 6.45) is 5.65. The molecule has 6 heteroatoms. The lowest BCUT2D eigenvalue weighted by atomic mass is 9.93. The van der Waals surface area contributed by atoms with E-state index in [1.165, 1.54) is 0 Å². The summed E-state index contributed by atoms with van der Waals surface area (Å²) in [6.45, 7) is 2.01. The van der Waals surface area contributed by atoms with E-state index >= 15 is 0 Å². The first kappa shape index (κ1) is 21.4. The van der Waals surface area contributed by atoms with Crippen LogP contribution in [-0.2, 0) is 6.54 Å². The van der Waals surface area contributed by atoms with Crippen LogP contribution in [0.4, 0.5) is 0 Å². The van der Waals surface area contributed by atoms with Crippen molar-refractivity contribution in [3.63, 3.8) is 0 Å². The van der Waals surface area contributed by atoms with E-state index in [2.05, 4.69) is 11.2 Å². The monoisotopic (exact) mass is 456 g/mol. The van der Waals surface area contributed by atoms with Gasteiger partial charge >= 0.3 is 0 Å². The Morgan fingerprint density at radius 2 is 1.91 bits per heavy atom. The molecule has 0 aliphatic carbocycles. The number of aromatic nitrogens is 3. The molecule has 0 bridgehead atoms. The van der Waals surface area contributed by atoms with Gasteiger partial charge in [-0.05, 0) is 54.8 Å². The van der Waals surface area contributed by atoms with E-state index in [-0.39, 0.29) is 11.8 Å². The highest BCUT2D eigenvalue weighted by Gasteiger charge is 2.27. The van der Waals surface area contributed by atoms with Crippen molar-refractivity contribution in [3.8, 4) is 11.3 Å². The molecule has 0 spiro atoms. The SMILES string of the molecule is O=C(c1ccccc1Cn1cccn1)N1CCC[C@H](c2cccc(-c3cccc(Cl)c3)n2)C1. The fourth-order valence-electron chi connectivity index (χ4n) is 4.50. The Balaban J connectivity index is 1.36. The molecule has 0 N–H and O–H groups in total. The number of carbonyl (C=O) groups excluding carboxylic acids is 1. The topological polar surface area (TPSA) is 51.0 Å². The van der Waals surface area contributed by atoms with Gasteiger partial charge in [-0.1, -0.05) is 48.0 Å². The van der Waals surface area contributed by atoms with E-state index < -0.39 is 0 Å². The Bertz CT molecular complexity index is 1250. The number of hydrogen-bond acceptors (Lipinski definition) is 3. The lowest BCUT2D eigenvalue weighted by Gasteiger charge is -2.33. The van der Waals surface area contributed by atoms with E-state index in [0.29, 0.717) is 18.1 Å². The highest BCUT2D eigenvalue weighted by molar-refractivity contribution is 6.30. The molecule has 2 aromatic heterocycles. The summed E-state index contributed by atoms with van der Waals surface area (Å²) in [4.78, 5) is 20.4. The maximum Gasteiger partial charge on any atom is 0.254 e. The molecule has 1 fully saturated rings. The van der Waals surface area contributed by atoms with Gasteiger partial charge in [0.1, 0.15) is 0 Å². The van der Waals surface area contributed by atoms with E-state index in [4.69, 9.17) is 16.6 Å². The smallest absolute Gasteiger partial charge is 0.254 e. The quantitative estimate of drug-likeness (QED) is 0.389. The Morgan fingerprint density at radius 3 is 2.76 bits per heavy atom. The average Bonchev–Trinajstić information content (AvgIpc) is 3.37. The number of halogens is 1. The maximum atomic E-state index is 13.5. The van der Waals surface area contributed by atoms with Gasteiger partial charge in [0.15, 0.2) is 0 Å². The number of pyridine rings is 1. The van der Waals surface area contributed by atoms with Crippen LogP contribution in [0.1, 0.15) is 40.4 Å². The van der Waals surface area contributed by atoms with Gasteiger partial charge in [-0.25, -0.2) is 0 Å². The van der Waals surface area contributed by atoms with E-state index in [9.17, 15) is 4.79 Å². The summed E-state index contributed by atoms with van der Waals surface area (Å²) in [7, 11) is 0. The number of hydrogen-bond donors (Lipinski definition) is 0. The van der Waals surface area contributed by atoms with Crippen LogP contribution in [0.25, 0.3) is 11.3 Å². The number of benzene rings is 2. The summed E-state index contributed by atoms with van der Waals surface area (Å²) in [5.41, 5.74) is 4.65. The Morgan fingerprint density at radius 1 is 1.03 bits per heavy atom. The predicted octanol–water partition coefficient (Wildman–Crippen LogP) is 5.67. The minimum Gasteiger partial charge on any atom is -0.338 e. The summed E-state index contributed by atoms with van der Waals surface area (Å²) in [5, 5.41) is 4.99. The van der Waals surface area contributed by atoms with Gasteiger partial charge in [0, 0.05) is 53.2 Å². The largest absolute Gasteiger partial charge is 0.338 e. The van der Waals surface area contributed by atoms with Gasteiger partial charge in [0.2, 0.25) is 0 Å². The molecular weight excluding hydrogens is 432 g/mol. The van der Waals surface area contributed by atoms with Gasteiger partial charge in [-0.2, -0.15) is 5.10 Å². The van der Waals surface area contributed by atoms with Gasteiger partial charge < -0.3 is 4.90 Å². The van der Waals surface area contributed by atoms with Crippen molar-refractivity contribution in [1.82, 2.24) is 19.7 Å². The molecule has 4 aromatic rings. The molecule has 1 saturated heterocycles. The van der Waals surface area contributed by atoms with E-state index in [0.717, 1.165) is 47.5 Å². The van der Waals surface area contributed by atoms with Crippen LogP contribution < -0.4 is 0 Å². The molecule has 1 amide bonds. The van der Waals surface area contributed by atoms with Crippen LogP contribution in [0.2, 0.25) is 5.02 Å². The normalized spacial score (nSPS) is 16.0. The van der Waals surface area contributed by atoms with Crippen LogP contribution in [0.15, 0.2) is 85.2 Å². The molecule has 33 heavy (non-hydrogen) atoms. The Hall–Kier alpha value is -3.44. The third-order valence-electron chi connectivity index (χ3n) is 6.16. The third kappa shape index (κ3) is 4.83. The predicted molar refractivity (Wildman–Crippen MR) is 130 cm³/mol. The molecule has 0 radical (unpaired) electrons. The molecule has 166 valence electrons. The molecule has 5 rings (SSSR count). The fourth-order valence-corrected chi connectivity index (χ4v) is 4.69. The second kappa shape index (κ2) is 9.59. The zero-order valence-electron chi connectivity index (χ0n) is 18.3. The highest BCUT2D eigenvalue weighted by Crippen LogP contribution is 2.29. The lowest BCUT2D eigenvalue weighted by molar-refractivity contribution is 0.0704. The third-order valence-corrected chi connectivity index (χ3v) is 6.39. The molecule has 1 aliphatic heterocycles. The second-order valence-electron chi connectivity index (χ2n) is 8.41. The van der Waals surface area contributed by atoms with Crippen molar-refractivity contribution in [2.45, 2.75) is 25.3 Å². The molecule has 3 heterocycles. The first-order valence-corrected chi connectivity index (χ1v) is 11.6. The minimum atomic E-state index is 0.0773. The van der Waals surface area contributed by atoms with Gasteiger partial charge in [-0.3, -0.25) is 14.5 Å². The molecule has 0 unspecified atom stereocenters. The van der Waals surface area contributed by atoms with Crippen LogP contribution in [0.5, 0.6) is 0 Å². The van der Waals surface area contributed by atoms with Gasteiger partial charge in [0.05, 0.1) is 12.2 Å². The molecule has 1 aliphatic rings. The van der Waals surface area contributed by atoms with Gasteiger partial charge in [0.25, 0.3) is 5.91 Å². The summed E-state index contributed by atoms with van der Waals surface area (Å²) in [5.74, 6) is 0.286. The number of likely N-dealkylation sites (tertiary alicyclic amines) is 1. The average molecular weight is 457 g/mol. The summed E-state index contributed by atoms with van der Waals surface area (Å²) < 4.78 is 1.84. The van der Waals surface area contributed by atoms with Crippen LogP contribution in [-0.4, -0.2) is 38.7 Å². The highest BCUT2D eigenvalue weighted by atomic mass is 35.5. The lowest BCUT2D eigenvalue weighted by Crippen LogP contribution is -2.39. The summed E-state index contributed by atoms with van der Waals surface area (Å²) in [6, 6.07) is 23.6. The molecule has 2 aromatic carbocycles.